The summed E-state index contributed by atoms with van der Waals surface area (Å²) in [5, 5.41) is 0. The third kappa shape index (κ3) is 2.38. The van der Waals surface area contributed by atoms with Crippen LogP contribution < -0.4 is 5.73 Å². The fraction of sp³-hybridized carbons (Fsp3) is 0.769. The van der Waals surface area contributed by atoms with Gasteiger partial charge in [-0.15, -0.1) is 0 Å². The Labute approximate surface area is 107 Å². The summed E-state index contributed by atoms with van der Waals surface area (Å²) in [6.07, 6.45) is 8.24. The van der Waals surface area contributed by atoms with Gasteiger partial charge >= 0.3 is 0 Å². The second-order valence-corrected chi connectivity index (χ2v) is 6.44. The standard InChI is InChI=1S/C13H21N3S/c14-11-4-1-5-16-12(11)8-15-13(16)7-10-3-2-6-17-9-10/h8,10-11H,1-7,9,14H2. The van der Waals surface area contributed by atoms with Crippen LogP contribution in [0.4, 0.5) is 0 Å². The second-order valence-electron chi connectivity index (χ2n) is 5.29. The number of rotatable bonds is 2. The van der Waals surface area contributed by atoms with Crippen molar-refractivity contribution in [3.05, 3.63) is 17.7 Å². The molecule has 3 rings (SSSR count). The van der Waals surface area contributed by atoms with E-state index in [9.17, 15) is 0 Å². The zero-order chi connectivity index (χ0) is 11.7. The van der Waals surface area contributed by atoms with Gasteiger partial charge in [-0.1, -0.05) is 0 Å². The van der Waals surface area contributed by atoms with Gasteiger partial charge < -0.3 is 10.3 Å². The predicted octanol–water partition coefficient (Wildman–Crippen LogP) is 2.36. The minimum atomic E-state index is 0.214. The van der Waals surface area contributed by atoms with Crippen LogP contribution in [0.2, 0.25) is 0 Å². The van der Waals surface area contributed by atoms with Crippen molar-refractivity contribution in [3.8, 4) is 0 Å². The lowest BCUT2D eigenvalue weighted by Gasteiger charge is -2.25. The smallest absolute Gasteiger partial charge is 0.109 e. The fourth-order valence-corrected chi connectivity index (χ4v) is 4.15. The maximum absolute atomic E-state index is 6.13. The fourth-order valence-electron chi connectivity index (χ4n) is 2.99. The van der Waals surface area contributed by atoms with E-state index in [1.54, 1.807) is 0 Å². The van der Waals surface area contributed by atoms with Crippen molar-refractivity contribution in [1.29, 1.82) is 0 Å². The summed E-state index contributed by atoms with van der Waals surface area (Å²) in [5.41, 5.74) is 7.39. The lowest BCUT2D eigenvalue weighted by Crippen LogP contribution is -2.23. The predicted molar refractivity (Wildman–Crippen MR) is 72.1 cm³/mol. The number of imidazole rings is 1. The molecule has 0 amide bonds. The molecule has 3 nitrogen and oxygen atoms in total. The van der Waals surface area contributed by atoms with E-state index in [2.05, 4.69) is 21.3 Å². The lowest BCUT2D eigenvalue weighted by molar-refractivity contribution is 0.432. The van der Waals surface area contributed by atoms with Crippen LogP contribution in [0.15, 0.2) is 6.20 Å². The summed E-state index contributed by atoms with van der Waals surface area (Å²) in [6, 6.07) is 0.214. The first-order chi connectivity index (χ1) is 8.34. The largest absolute Gasteiger partial charge is 0.331 e. The first-order valence-corrected chi connectivity index (χ1v) is 7.87. The highest BCUT2D eigenvalue weighted by atomic mass is 32.2. The highest BCUT2D eigenvalue weighted by Crippen LogP contribution is 2.28. The number of aromatic nitrogens is 2. The monoisotopic (exact) mass is 251 g/mol. The van der Waals surface area contributed by atoms with Crippen molar-refractivity contribution in [2.45, 2.75) is 44.7 Å². The molecule has 1 saturated heterocycles. The van der Waals surface area contributed by atoms with Crippen molar-refractivity contribution >= 4 is 11.8 Å². The van der Waals surface area contributed by atoms with Gasteiger partial charge in [0.15, 0.2) is 0 Å². The third-order valence-electron chi connectivity index (χ3n) is 3.97. The Morgan fingerprint density at radius 3 is 3.18 bits per heavy atom. The van der Waals surface area contributed by atoms with Crippen molar-refractivity contribution in [2.75, 3.05) is 11.5 Å². The van der Waals surface area contributed by atoms with Crippen LogP contribution in [0.25, 0.3) is 0 Å². The molecule has 0 aromatic carbocycles. The van der Waals surface area contributed by atoms with Gasteiger partial charge in [-0.25, -0.2) is 4.98 Å². The molecule has 0 spiro atoms. The summed E-state index contributed by atoms with van der Waals surface area (Å²) in [4.78, 5) is 4.62. The SMILES string of the molecule is NC1CCCn2c1cnc2CC1CCCSC1. The molecule has 1 aromatic rings. The minimum Gasteiger partial charge on any atom is -0.331 e. The highest BCUT2D eigenvalue weighted by molar-refractivity contribution is 7.99. The molecule has 4 heteroatoms. The molecule has 0 bridgehead atoms. The Bertz CT molecular complexity index is 382. The quantitative estimate of drug-likeness (QED) is 0.877. The van der Waals surface area contributed by atoms with Crippen molar-refractivity contribution in [3.63, 3.8) is 0 Å². The molecule has 2 unspecified atom stereocenters. The Morgan fingerprint density at radius 1 is 1.41 bits per heavy atom. The van der Waals surface area contributed by atoms with E-state index in [4.69, 9.17) is 5.73 Å². The van der Waals surface area contributed by atoms with E-state index in [0.29, 0.717) is 0 Å². The Hall–Kier alpha value is -0.480. The van der Waals surface area contributed by atoms with Gasteiger partial charge in [0.1, 0.15) is 5.82 Å². The molecule has 2 atom stereocenters. The van der Waals surface area contributed by atoms with Crippen LogP contribution in [0, 0.1) is 5.92 Å². The van der Waals surface area contributed by atoms with Crippen molar-refractivity contribution < 1.29 is 0 Å². The van der Waals surface area contributed by atoms with Gasteiger partial charge in [-0.3, -0.25) is 0 Å². The molecule has 3 heterocycles. The molecule has 17 heavy (non-hydrogen) atoms. The lowest BCUT2D eigenvalue weighted by atomic mass is 10.0. The number of nitrogens with two attached hydrogens (primary N) is 1. The zero-order valence-corrected chi connectivity index (χ0v) is 11.1. The minimum absolute atomic E-state index is 0.214. The van der Waals surface area contributed by atoms with Gasteiger partial charge in [-0.2, -0.15) is 11.8 Å². The van der Waals surface area contributed by atoms with E-state index >= 15 is 0 Å². The normalized spacial score (nSPS) is 29.0. The van der Waals surface area contributed by atoms with Crippen LogP contribution in [0.3, 0.4) is 0 Å². The van der Waals surface area contributed by atoms with Crippen LogP contribution >= 0.6 is 11.8 Å². The first-order valence-electron chi connectivity index (χ1n) is 6.72. The highest BCUT2D eigenvalue weighted by Gasteiger charge is 2.22. The van der Waals surface area contributed by atoms with Gasteiger partial charge in [0.05, 0.1) is 11.9 Å². The molecular formula is C13H21N3S. The maximum Gasteiger partial charge on any atom is 0.109 e. The van der Waals surface area contributed by atoms with Crippen molar-refractivity contribution in [1.82, 2.24) is 9.55 Å². The third-order valence-corrected chi connectivity index (χ3v) is 5.26. The second kappa shape index (κ2) is 5.02. The first kappa shape index (κ1) is 11.6. The average molecular weight is 251 g/mol. The molecule has 0 radical (unpaired) electrons. The number of hydrogen-bond acceptors (Lipinski definition) is 3. The molecule has 94 valence electrons. The summed E-state index contributed by atoms with van der Waals surface area (Å²) < 4.78 is 2.38. The van der Waals surface area contributed by atoms with E-state index in [-0.39, 0.29) is 6.04 Å². The molecule has 2 aliphatic rings. The summed E-state index contributed by atoms with van der Waals surface area (Å²) in [5.74, 6) is 4.77. The van der Waals surface area contributed by atoms with E-state index in [1.807, 2.05) is 6.20 Å². The molecule has 0 aliphatic carbocycles. The summed E-state index contributed by atoms with van der Waals surface area (Å²) in [6.45, 7) is 1.12. The molecule has 1 fully saturated rings. The maximum atomic E-state index is 6.13. The number of fused-ring (bicyclic) bond motifs is 1. The van der Waals surface area contributed by atoms with E-state index in [1.165, 1.54) is 42.3 Å². The number of thioether (sulfide) groups is 1. The van der Waals surface area contributed by atoms with E-state index in [0.717, 1.165) is 25.3 Å². The summed E-state index contributed by atoms with van der Waals surface area (Å²) in [7, 11) is 0. The zero-order valence-electron chi connectivity index (χ0n) is 10.3. The average Bonchev–Trinajstić information content (AvgIpc) is 2.76. The summed E-state index contributed by atoms with van der Waals surface area (Å²) >= 11 is 2.10. The van der Waals surface area contributed by atoms with E-state index < -0.39 is 0 Å². The molecule has 2 N–H and O–H groups in total. The van der Waals surface area contributed by atoms with Crippen LogP contribution in [-0.2, 0) is 13.0 Å². The van der Waals surface area contributed by atoms with Gasteiger partial charge in [-0.05, 0) is 43.1 Å². The number of nitrogens with zero attached hydrogens (tertiary/aromatic N) is 2. The van der Waals surface area contributed by atoms with Crippen LogP contribution in [0.5, 0.6) is 0 Å². The van der Waals surface area contributed by atoms with Crippen LogP contribution in [0.1, 0.15) is 43.2 Å². The van der Waals surface area contributed by atoms with Gasteiger partial charge in [0.2, 0.25) is 0 Å². The van der Waals surface area contributed by atoms with Gasteiger partial charge in [0, 0.05) is 19.0 Å². The van der Waals surface area contributed by atoms with Gasteiger partial charge in [0.25, 0.3) is 0 Å². The number of hydrogen-bond donors (Lipinski definition) is 1. The Kier molecular flexibility index (Phi) is 3.43. The van der Waals surface area contributed by atoms with Crippen molar-refractivity contribution in [2.24, 2.45) is 11.7 Å². The topological polar surface area (TPSA) is 43.8 Å². The van der Waals surface area contributed by atoms with Crippen LogP contribution in [-0.4, -0.2) is 21.1 Å². The molecular weight excluding hydrogens is 230 g/mol. The Morgan fingerprint density at radius 2 is 2.35 bits per heavy atom. The molecule has 0 saturated carbocycles. The molecule has 1 aromatic heterocycles. The molecule has 2 aliphatic heterocycles. The Balaban J connectivity index is 1.74.